The lowest BCUT2D eigenvalue weighted by molar-refractivity contribution is -0.0654. The van der Waals surface area contributed by atoms with E-state index in [0.29, 0.717) is 19.6 Å². The highest BCUT2D eigenvalue weighted by atomic mass is 32.1. The first-order valence-corrected chi connectivity index (χ1v) is 8.91. The van der Waals surface area contributed by atoms with Gasteiger partial charge in [0.05, 0.1) is 19.2 Å². The molecule has 2 atom stereocenters. The second-order valence-electron chi connectivity index (χ2n) is 5.72. The topological polar surface area (TPSA) is 41.6 Å². The summed E-state index contributed by atoms with van der Waals surface area (Å²) in [5, 5.41) is 6.97. The summed E-state index contributed by atoms with van der Waals surface area (Å²) in [4.78, 5) is 14.2. The highest BCUT2D eigenvalue weighted by Gasteiger charge is 2.29. The maximum Gasteiger partial charge on any atom is 0.318 e. The van der Waals surface area contributed by atoms with Crippen molar-refractivity contribution in [3.8, 4) is 11.8 Å². The summed E-state index contributed by atoms with van der Waals surface area (Å²) in [5.74, 6) is 6.02. The van der Waals surface area contributed by atoms with E-state index in [0.717, 1.165) is 11.1 Å². The van der Waals surface area contributed by atoms with Gasteiger partial charge in [-0.05, 0) is 41.4 Å². The number of hydrogen-bond donors (Lipinski definition) is 1. The zero-order chi connectivity index (χ0) is 16.8. The lowest BCUT2D eigenvalue weighted by atomic mass is 10.1. The standard InChI is InChI=1S/C19H20N2O2S/c1-15-12-21(13-18(23-15)17-9-11-24-14-17)19(22)20-10-5-8-16-6-3-2-4-7-16/h2-4,6-7,9,11,14-15,18H,10,12-13H2,1H3,(H,20,22)/t15-,18+/m1/s1. The number of hydrogen-bond acceptors (Lipinski definition) is 3. The molecule has 2 aromatic rings. The fourth-order valence-corrected chi connectivity index (χ4v) is 3.36. The first-order valence-electron chi connectivity index (χ1n) is 7.96. The molecule has 0 unspecified atom stereocenters. The molecule has 124 valence electrons. The summed E-state index contributed by atoms with van der Waals surface area (Å²) in [6.45, 7) is 3.49. The molecule has 4 nitrogen and oxygen atoms in total. The Labute approximate surface area is 146 Å². The Morgan fingerprint density at radius 1 is 1.33 bits per heavy atom. The Morgan fingerprint density at radius 3 is 2.92 bits per heavy atom. The number of carbonyl (C=O) groups is 1. The van der Waals surface area contributed by atoms with Gasteiger partial charge in [-0.2, -0.15) is 11.3 Å². The number of carbonyl (C=O) groups excluding carboxylic acids is 1. The van der Waals surface area contributed by atoms with E-state index in [4.69, 9.17) is 4.74 Å². The molecule has 1 aromatic carbocycles. The van der Waals surface area contributed by atoms with Gasteiger partial charge in [0.25, 0.3) is 0 Å². The SMILES string of the molecule is C[C@@H]1CN(C(=O)NCC#Cc2ccccc2)C[C@@H](c2ccsc2)O1. The number of morpholine rings is 1. The minimum Gasteiger partial charge on any atom is -0.367 e. The van der Waals surface area contributed by atoms with Crippen LogP contribution in [0.15, 0.2) is 47.2 Å². The van der Waals surface area contributed by atoms with Crippen LogP contribution in [0.5, 0.6) is 0 Å². The summed E-state index contributed by atoms with van der Waals surface area (Å²) in [6.07, 6.45) is -0.0362. The second-order valence-corrected chi connectivity index (χ2v) is 6.50. The van der Waals surface area contributed by atoms with E-state index < -0.39 is 0 Å². The summed E-state index contributed by atoms with van der Waals surface area (Å²) < 4.78 is 5.95. The van der Waals surface area contributed by atoms with E-state index in [1.165, 1.54) is 0 Å². The molecule has 1 aromatic heterocycles. The number of ether oxygens (including phenoxy) is 1. The fourth-order valence-electron chi connectivity index (χ4n) is 2.66. The van der Waals surface area contributed by atoms with Crippen molar-refractivity contribution in [3.63, 3.8) is 0 Å². The lowest BCUT2D eigenvalue weighted by Gasteiger charge is -2.36. The average Bonchev–Trinajstić information content (AvgIpc) is 3.13. The molecule has 24 heavy (non-hydrogen) atoms. The van der Waals surface area contributed by atoms with Gasteiger partial charge < -0.3 is 15.0 Å². The maximum atomic E-state index is 12.4. The van der Waals surface area contributed by atoms with Crippen LogP contribution in [0.1, 0.15) is 24.2 Å². The number of thiophene rings is 1. The van der Waals surface area contributed by atoms with Crippen molar-refractivity contribution in [2.45, 2.75) is 19.1 Å². The van der Waals surface area contributed by atoms with Crippen LogP contribution in [0.3, 0.4) is 0 Å². The minimum absolute atomic E-state index is 0.0183. The third-order valence-electron chi connectivity index (χ3n) is 3.80. The van der Waals surface area contributed by atoms with Crippen LogP contribution in [0, 0.1) is 11.8 Å². The molecule has 0 aliphatic carbocycles. The third kappa shape index (κ3) is 4.38. The first kappa shape index (κ1) is 16.6. The van der Waals surface area contributed by atoms with E-state index in [-0.39, 0.29) is 18.2 Å². The first-order chi connectivity index (χ1) is 11.7. The Morgan fingerprint density at radius 2 is 2.17 bits per heavy atom. The van der Waals surface area contributed by atoms with E-state index in [1.54, 1.807) is 16.2 Å². The molecule has 0 saturated carbocycles. The maximum absolute atomic E-state index is 12.4. The van der Waals surface area contributed by atoms with Crippen LogP contribution < -0.4 is 5.32 Å². The van der Waals surface area contributed by atoms with Crippen LogP contribution in [0.25, 0.3) is 0 Å². The van der Waals surface area contributed by atoms with Crippen molar-refractivity contribution in [2.24, 2.45) is 0 Å². The zero-order valence-corrected chi connectivity index (χ0v) is 14.4. The van der Waals surface area contributed by atoms with Gasteiger partial charge in [0, 0.05) is 12.1 Å². The van der Waals surface area contributed by atoms with Crippen LogP contribution in [0.4, 0.5) is 4.79 Å². The van der Waals surface area contributed by atoms with Gasteiger partial charge in [0.15, 0.2) is 0 Å². The normalized spacial score (nSPS) is 20.1. The number of nitrogens with one attached hydrogen (secondary N) is 1. The van der Waals surface area contributed by atoms with Crippen LogP contribution in [-0.2, 0) is 4.74 Å². The zero-order valence-electron chi connectivity index (χ0n) is 13.6. The number of rotatable bonds is 2. The average molecular weight is 340 g/mol. The minimum atomic E-state index is -0.0901. The van der Waals surface area contributed by atoms with E-state index in [2.05, 4.69) is 28.6 Å². The van der Waals surface area contributed by atoms with E-state index >= 15 is 0 Å². The molecule has 1 N–H and O–H groups in total. The third-order valence-corrected chi connectivity index (χ3v) is 4.50. The van der Waals surface area contributed by atoms with Gasteiger partial charge in [-0.25, -0.2) is 4.79 Å². The molecule has 1 aliphatic heterocycles. The van der Waals surface area contributed by atoms with Crippen molar-refractivity contribution in [2.75, 3.05) is 19.6 Å². The Balaban J connectivity index is 1.53. The highest BCUT2D eigenvalue weighted by molar-refractivity contribution is 7.07. The predicted molar refractivity (Wildman–Crippen MR) is 95.9 cm³/mol. The fraction of sp³-hybridized carbons (Fsp3) is 0.316. The summed E-state index contributed by atoms with van der Waals surface area (Å²) in [7, 11) is 0. The summed E-state index contributed by atoms with van der Waals surface area (Å²) in [5.41, 5.74) is 2.08. The Kier molecular flexibility index (Phi) is 5.52. The predicted octanol–water partition coefficient (Wildman–Crippen LogP) is 3.27. The van der Waals surface area contributed by atoms with E-state index in [9.17, 15) is 4.79 Å². The number of benzene rings is 1. The molecule has 2 heterocycles. The van der Waals surface area contributed by atoms with Gasteiger partial charge in [-0.1, -0.05) is 30.0 Å². The van der Waals surface area contributed by atoms with Gasteiger partial charge in [-0.15, -0.1) is 0 Å². The van der Waals surface area contributed by atoms with Crippen molar-refractivity contribution in [1.82, 2.24) is 10.2 Å². The Bertz CT molecular complexity index is 719. The summed E-state index contributed by atoms with van der Waals surface area (Å²) >= 11 is 1.64. The largest absolute Gasteiger partial charge is 0.367 e. The molecule has 1 fully saturated rings. The molecule has 3 rings (SSSR count). The molecular formula is C19H20N2O2S. The monoisotopic (exact) mass is 340 g/mol. The number of nitrogens with zero attached hydrogens (tertiary/aromatic N) is 1. The van der Waals surface area contributed by atoms with Gasteiger partial charge >= 0.3 is 6.03 Å². The summed E-state index contributed by atoms with van der Waals surface area (Å²) in [6, 6.07) is 11.7. The van der Waals surface area contributed by atoms with E-state index in [1.807, 2.05) is 42.6 Å². The quantitative estimate of drug-likeness (QED) is 0.853. The Hall–Kier alpha value is -2.29. The van der Waals surface area contributed by atoms with Gasteiger partial charge in [0.2, 0.25) is 0 Å². The van der Waals surface area contributed by atoms with Crippen LogP contribution in [0.2, 0.25) is 0 Å². The molecule has 0 bridgehead atoms. The molecule has 1 saturated heterocycles. The second kappa shape index (κ2) is 8.00. The highest BCUT2D eigenvalue weighted by Crippen LogP contribution is 2.26. The lowest BCUT2D eigenvalue weighted by Crippen LogP contribution is -2.49. The molecule has 0 spiro atoms. The number of urea groups is 1. The van der Waals surface area contributed by atoms with Gasteiger partial charge in [-0.3, -0.25) is 0 Å². The molecular weight excluding hydrogens is 320 g/mol. The number of amides is 2. The smallest absolute Gasteiger partial charge is 0.318 e. The van der Waals surface area contributed by atoms with Crippen molar-refractivity contribution in [1.29, 1.82) is 0 Å². The molecule has 5 heteroatoms. The van der Waals surface area contributed by atoms with Crippen LogP contribution >= 0.6 is 11.3 Å². The molecule has 0 radical (unpaired) electrons. The van der Waals surface area contributed by atoms with Crippen molar-refractivity contribution in [3.05, 3.63) is 58.3 Å². The van der Waals surface area contributed by atoms with Crippen molar-refractivity contribution >= 4 is 17.4 Å². The molecule has 1 aliphatic rings. The van der Waals surface area contributed by atoms with Crippen molar-refractivity contribution < 1.29 is 9.53 Å². The van der Waals surface area contributed by atoms with Crippen LogP contribution in [-0.4, -0.2) is 36.7 Å². The van der Waals surface area contributed by atoms with Gasteiger partial charge in [0.1, 0.15) is 6.10 Å². The molecule has 2 amide bonds.